The summed E-state index contributed by atoms with van der Waals surface area (Å²) in [6.07, 6.45) is 7.64. The molecule has 1 aliphatic heterocycles. The van der Waals surface area contributed by atoms with Gasteiger partial charge in [0.2, 0.25) is 0 Å². The van der Waals surface area contributed by atoms with E-state index in [1.54, 1.807) is 6.20 Å². The van der Waals surface area contributed by atoms with Gasteiger partial charge >= 0.3 is 0 Å². The van der Waals surface area contributed by atoms with Gasteiger partial charge in [0.05, 0.1) is 17.8 Å². The largest absolute Gasteiger partial charge is 0.352 e. The summed E-state index contributed by atoms with van der Waals surface area (Å²) in [4.78, 5) is 11.1. The number of pyridine rings is 2. The highest BCUT2D eigenvalue weighted by molar-refractivity contribution is 7.80. The normalized spacial score (nSPS) is 19.6. The number of nitrogens with zero attached hydrogens (tertiary/aromatic N) is 4. The van der Waals surface area contributed by atoms with Crippen molar-refractivity contribution in [1.82, 2.24) is 24.8 Å². The zero-order valence-electron chi connectivity index (χ0n) is 14.6. The summed E-state index contributed by atoms with van der Waals surface area (Å²) in [5.41, 5.74) is 3.37. The second-order valence-corrected chi connectivity index (χ2v) is 6.72. The molecule has 4 heterocycles. The summed E-state index contributed by atoms with van der Waals surface area (Å²) < 4.78 is 2.27. The Kier molecular flexibility index (Phi) is 4.67. The molecule has 5 nitrogen and oxygen atoms in total. The van der Waals surface area contributed by atoms with Gasteiger partial charge in [-0.2, -0.15) is 0 Å². The molecule has 0 aromatic carbocycles. The van der Waals surface area contributed by atoms with E-state index < -0.39 is 0 Å². The van der Waals surface area contributed by atoms with E-state index in [1.165, 1.54) is 5.69 Å². The van der Waals surface area contributed by atoms with Crippen LogP contribution in [0.5, 0.6) is 0 Å². The van der Waals surface area contributed by atoms with Crippen molar-refractivity contribution in [2.75, 3.05) is 0 Å². The number of rotatable bonds is 5. The van der Waals surface area contributed by atoms with Crippen molar-refractivity contribution in [3.05, 3.63) is 84.2 Å². The zero-order valence-corrected chi connectivity index (χ0v) is 15.4. The average Bonchev–Trinajstić information content (AvgIpc) is 3.28. The molecule has 4 rings (SSSR count). The molecular formula is C20H21N5S. The van der Waals surface area contributed by atoms with Gasteiger partial charge in [0.25, 0.3) is 0 Å². The first-order valence-corrected chi connectivity index (χ1v) is 9.20. The van der Waals surface area contributed by atoms with Crippen LogP contribution >= 0.6 is 12.2 Å². The fourth-order valence-electron chi connectivity index (χ4n) is 3.57. The first-order valence-electron chi connectivity index (χ1n) is 8.80. The fraction of sp³-hybridized carbons (Fsp3) is 0.250. The fourth-order valence-corrected chi connectivity index (χ4v) is 3.87. The quantitative estimate of drug-likeness (QED) is 0.703. The van der Waals surface area contributed by atoms with Crippen LogP contribution in [-0.4, -0.2) is 24.5 Å². The van der Waals surface area contributed by atoms with Crippen LogP contribution in [0.4, 0.5) is 0 Å². The lowest BCUT2D eigenvalue weighted by atomic mass is 10.0. The van der Waals surface area contributed by atoms with E-state index >= 15 is 0 Å². The third kappa shape index (κ3) is 3.08. The van der Waals surface area contributed by atoms with Gasteiger partial charge in [-0.3, -0.25) is 9.97 Å². The van der Waals surface area contributed by atoms with Crippen molar-refractivity contribution in [3.8, 4) is 0 Å². The number of thiocarbonyl (C=S) groups is 1. The maximum absolute atomic E-state index is 5.70. The van der Waals surface area contributed by atoms with E-state index in [9.17, 15) is 0 Å². The van der Waals surface area contributed by atoms with Gasteiger partial charge < -0.3 is 14.8 Å². The molecular weight excluding hydrogens is 342 g/mol. The summed E-state index contributed by atoms with van der Waals surface area (Å²) >= 11 is 5.70. The molecule has 3 aromatic rings. The van der Waals surface area contributed by atoms with Crippen molar-refractivity contribution in [1.29, 1.82) is 0 Å². The van der Waals surface area contributed by atoms with Crippen molar-refractivity contribution >= 4 is 17.3 Å². The number of hydrogen-bond donors (Lipinski definition) is 1. The Hall–Kier alpha value is -2.73. The summed E-state index contributed by atoms with van der Waals surface area (Å²) in [5.74, 6) is 0. The SMILES string of the molecule is CCn1cccc1C1C(c2ccccn2)NC(=S)N1Cc1cccnc1. The van der Waals surface area contributed by atoms with Gasteiger partial charge in [-0.25, -0.2) is 0 Å². The number of nitrogens with one attached hydrogen (secondary N) is 1. The topological polar surface area (TPSA) is 46.0 Å². The molecule has 132 valence electrons. The standard InChI is InChI=1S/C20H21N5S/c1-2-24-12-6-9-17(24)19-18(16-8-3-4-11-22-16)23-20(26)25(19)14-15-7-5-10-21-13-15/h3-13,18-19H,2,14H2,1H3,(H,23,26). The first-order chi connectivity index (χ1) is 12.8. The van der Waals surface area contributed by atoms with Crippen LogP contribution in [0.15, 0.2) is 67.3 Å². The third-order valence-electron chi connectivity index (χ3n) is 4.78. The molecule has 1 saturated heterocycles. The molecule has 6 heteroatoms. The monoisotopic (exact) mass is 363 g/mol. The second kappa shape index (κ2) is 7.25. The van der Waals surface area contributed by atoms with Crippen molar-refractivity contribution in [3.63, 3.8) is 0 Å². The summed E-state index contributed by atoms with van der Waals surface area (Å²) in [7, 11) is 0. The van der Waals surface area contributed by atoms with Crippen LogP contribution in [0.3, 0.4) is 0 Å². The first kappa shape index (κ1) is 16.7. The Morgan fingerprint density at radius 1 is 1.12 bits per heavy atom. The van der Waals surface area contributed by atoms with E-state index in [0.29, 0.717) is 6.54 Å². The van der Waals surface area contributed by atoms with E-state index in [1.807, 2.05) is 30.6 Å². The highest BCUT2D eigenvalue weighted by atomic mass is 32.1. The average molecular weight is 363 g/mol. The highest BCUT2D eigenvalue weighted by Crippen LogP contribution is 2.39. The van der Waals surface area contributed by atoms with E-state index in [2.05, 4.69) is 62.1 Å². The molecule has 26 heavy (non-hydrogen) atoms. The molecule has 0 bridgehead atoms. The van der Waals surface area contributed by atoms with Gasteiger partial charge in [-0.1, -0.05) is 12.1 Å². The van der Waals surface area contributed by atoms with E-state index in [0.717, 1.165) is 22.9 Å². The van der Waals surface area contributed by atoms with Gasteiger partial charge in [-0.05, 0) is 55.0 Å². The molecule has 1 fully saturated rings. The predicted octanol–water partition coefficient (Wildman–Crippen LogP) is 3.47. The predicted molar refractivity (Wildman–Crippen MR) is 105 cm³/mol. The lowest BCUT2D eigenvalue weighted by Crippen LogP contribution is -2.30. The molecule has 2 unspecified atom stereocenters. The molecule has 0 aliphatic carbocycles. The van der Waals surface area contributed by atoms with Crippen LogP contribution in [0.2, 0.25) is 0 Å². The highest BCUT2D eigenvalue weighted by Gasteiger charge is 2.40. The van der Waals surface area contributed by atoms with Crippen LogP contribution in [0, 0.1) is 0 Å². The molecule has 1 aliphatic rings. The second-order valence-electron chi connectivity index (χ2n) is 6.33. The molecule has 0 spiro atoms. The molecule has 0 saturated carbocycles. The minimum absolute atomic E-state index is 0.0144. The van der Waals surface area contributed by atoms with Crippen molar-refractivity contribution < 1.29 is 0 Å². The zero-order chi connectivity index (χ0) is 17.9. The van der Waals surface area contributed by atoms with Crippen LogP contribution < -0.4 is 5.32 Å². The Morgan fingerprint density at radius 2 is 2.04 bits per heavy atom. The van der Waals surface area contributed by atoms with E-state index in [-0.39, 0.29) is 12.1 Å². The van der Waals surface area contributed by atoms with E-state index in [4.69, 9.17) is 12.2 Å². The maximum Gasteiger partial charge on any atom is 0.170 e. The van der Waals surface area contributed by atoms with Gasteiger partial charge in [0.1, 0.15) is 0 Å². The number of aryl methyl sites for hydroxylation is 1. The number of hydrogen-bond acceptors (Lipinski definition) is 3. The Morgan fingerprint density at radius 3 is 2.77 bits per heavy atom. The van der Waals surface area contributed by atoms with Crippen LogP contribution in [0.25, 0.3) is 0 Å². The van der Waals surface area contributed by atoms with Crippen molar-refractivity contribution in [2.45, 2.75) is 32.1 Å². The maximum atomic E-state index is 5.70. The van der Waals surface area contributed by atoms with Gasteiger partial charge in [-0.15, -0.1) is 0 Å². The smallest absolute Gasteiger partial charge is 0.170 e. The molecule has 0 amide bonds. The minimum Gasteiger partial charge on any atom is -0.352 e. The minimum atomic E-state index is 0.0144. The summed E-state index contributed by atoms with van der Waals surface area (Å²) in [6, 6.07) is 14.4. The third-order valence-corrected chi connectivity index (χ3v) is 5.13. The van der Waals surface area contributed by atoms with Crippen LogP contribution in [-0.2, 0) is 13.1 Å². The molecule has 1 N–H and O–H groups in total. The Bertz CT molecular complexity index is 877. The molecule has 3 aromatic heterocycles. The molecule has 2 atom stereocenters. The lowest BCUT2D eigenvalue weighted by Gasteiger charge is -2.28. The number of aromatic nitrogens is 3. The Labute approximate surface area is 158 Å². The summed E-state index contributed by atoms with van der Waals surface area (Å²) in [5, 5.41) is 4.24. The van der Waals surface area contributed by atoms with Gasteiger partial charge in [0, 0.05) is 43.6 Å². The lowest BCUT2D eigenvalue weighted by molar-refractivity contribution is 0.297. The summed E-state index contributed by atoms with van der Waals surface area (Å²) in [6.45, 7) is 3.79. The molecule has 0 radical (unpaired) electrons. The van der Waals surface area contributed by atoms with Crippen molar-refractivity contribution in [2.24, 2.45) is 0 Å². The Balaban J connectivity index is 1.75. The van der Waals surface area contributed by atoms with Crippen LogP contribution in [0.1, 0.15) is 36.0 Å². The van der Waals surface area contributed by atoms with Gasteiger partial charge in [0.15, 0.2) is 5.11 Å².